The van der Waals surface area contributed by atoms with Crippen LogP contribution >= 0.6 is 0 Å². The monoisotopic (exact) mass is 362 g/mol. The predicted octanol–water partition coefficient (Wildman–Crippen LogP) is 5.08. The first-order valence-electron chi connectivity index (χ1n) is 10.8. The van der Waals surface area contributed by atoms with Crippen molar-refractivity contribution >= 4 is 0 Å². The number of aliphatic hydroxyl groups excluding tert-OH is 1. The second-order valence-electron chi connectivity index (χ2n) is 10.9. The molecule has 3 fully saturated rings. The van der Waals surface area contributed by atoms with E-state index < -0.39 is 5.79 Å². The highest BCUT2D eigenvalue weighted by Gasteiger charge is 2.56. The van der Waals surface area contributed by atoms with Crippen molar-refractivity contribution in [2.75, 3.05) is 13.2 Å². The Morgan fingerprint density at radius 2 is 1.88 bits per heavy atom. The van der Waals surface area contributed by atoms with Crippen LogP contribution in [-0.2, 0) is 9.47 Å². The number of rotatable bonds is 2. The van der Waals surface area contributed by atoms with Gasteiger partial charge in [0, 0.05) is 5.41 Å². The minimum absolute atomic E-state index is 0.0179. The predicted molar refractivity (Wildman–Crippen MR) is 104 cm³/mol. The number of hydrogen-bond donors (Lipinski definition) is 1. The van der Waals surface area contributed by atoms with Crippen LogP contribution in [0.4, 0.5) is 0 Å². The zero-order valence-electron chi connectivity index (χ0n) is 17.4. The Bertz CT molecular complexity index is 596. The molecule has 0 radical (unpaired) electrons. The summed E-state index contributed by atoms with van der Waals surface area (Å²) in [6, 6.07) is 0. The zero-order valence-corrected chi connectivity index (χ0v) is 17.4. The van der Waals surface area contributed by atoms with Crippen molar-refractivity contribution in [3.8, 4) is 0 Å². The normalized spacial score (nSPS) is 50.7. The first-order valence-corrected chi connectivity index (χ1v) is 10.8. The third-order valence-corrected chi connectivity index (χ3v) is 8.73. The van der Waals surface area contributed by atoms with Gasteiger partial charge in [0.25, 0.3) is 0 Å². The van der Waals surface area contributed by atoms with Crippen LogP contribution in [0.25, 0.3) is 0 Å². The fourth-order valence-corrected chi connectivity index (χ4v) is 6.72. The van der Waals surface area contributed by atoms with E-state index in [1.54, 1.807) is 5.57 Å². The highest BCUT2D eigenvalue weighted by atomic mass is 16.7. The van der Waals surface area contributed by atoms with Crippen LogP contribution in [0.1, 0.15) is 79.6 Å². The molecule has 6 unspecified atom stereocenters. The van der Waals surface area contributed by atoms with E-state index >= 15 is 0 Å². The summed E-state index contributed by atoms with van der Waals surface area (Å²) in [5.41, 5.74) is 2.20. The molecule has 0 aromatic heterocycles. The highest BCUT2D eigenvalue weighted by Crippen LogP contribution is 2.64. The van der Waals surface area contributed by atoms with Gasteiger partial charge < -0.3 is 14.6 Å². The average Bonchev–Trinajstić information content (AvgIpc) is 2.97. The highest BCUT2D eigenvalue weighted by molar-refractivity contribution is 5.27. The molecule has 6 atom stereocenters. The summed E-state index contributed by atoms with van der Waals surface area (Å²) in [7, 11) is 0. The molecule has 2 saturated carbocycles. The molecule has 0 aromatic rings. The van der Waals surface area contributed by atoms with Crippen molar-refractivity contribution in [3.63, 3.8) is 0 Å². The Kier molecular flexibility index (Phi) is 4.42. The smallest absolute Gasteiger partial charge is 0.163 e. The van der Waals surface area contributed by atoms with Crippen LogP contribution in [0.15, 0.2) is 11.6 Å². The Balaban J connectivity index is 1.58. The fraction of sp³-hybridized carbons (Fsp3) is 0.913. The lowest BCUT2D eigenvalue weighted by molar-refractivity contribution is -0.164. The van der Waals surface area contributed by atoms with Crippen LogP contribution in [0, 0.1) is 28.1 Å². The summed E-state index contributed by atoms with van der Waals surface area (Å²) in [6.45, 7) is 12.4. The van der Waals surface area contributed by atoms with E-state index in [2.05, 4.69) is 26.8 Å². The summed E-state index contributed by atoms with van der Waals surface area (Å²) < 4.78 is 12.2. The van der Waals surface area contributed by atoms with Crippen LogP contribution in [0.3, 0.4) is 0 Å². The maximum absolute atomic E-state index is 10.1. The molecule has 0 bridgehead atoms. The molecule has 4 aliphatic rings. The van der Waals surface area contributed by atoms with E-state index in [1.807, 2.05) is 13.8 Å². The molecule has 3 heteroatoms. The van der Waals surface area contributed by atoms with E-state index in [1.165, 1.54) is 38.5 Å². The Labute approximate surface area is 159 Å². The van der Waals surface area contributed by atoms with Crippen molar-refractivity contribution in [3.05, 3.63) is 11.6 Å². The Hall–Kier alpha value is -0.380. The van der Waals surface area contributed by atoms with Crippen LogP contribution in [-0.4, -0.2) is 30.2 Å². The van der Waals surface area contributed by atoms with Crippen LogP contribution < -0.4 is 0 Å². The first kappa shape index (κ1) is 19.0. The molecule has 0 spiro atoms. The first-order chi connectivity index (χ1) is 12.1. The van der Waals surface area contributed by atoms with Gasteiger partial charge in [-0.15, -0.1) is 0 Å². The maximum Gasteiger partial charge on any atom is 0.163 e. The van der Waals surface area contributed by atoms with E-state index in [0.717, 1.165) is 18.9 Å². The zero-order chi connectivity index (χ0) is 18.8. The van der Waals surface area contributed by atoms with Crippen LogP contribution in [0.2, 0.25) is 0 Å². The van der Waals surface area contributed by atoms with E-state index in [4.69, 9.17) is 9.47 Å². The van der Waals surface area contributed by atoms with Gasteiger partial charge in [-0.3, -0.25) is 0 Å². The van der Waals surface area contributed by atoms with Crippen molar-refractivity contribution in [2.45, 2.75) is 91.5 Å². The summed E-state index contributed by atoms with van der Waals surface area (Å²) in [4.78, 5) is 0. The molecule has 3 nitrogen and oxygen atoms in total. The van der Waals surface area contributed by atoms with E-state index in [9.17, 15) is 5.11 Å². The minimum Gasteiger partial charge on any atom is -0.395 e. The lowest BCUT2D eigenvalue weighted by atomic mass is 9.46. The molecule has 3 aliphatic carbocycles. The molecule has 1 aliphatic heterocycles. The maximum atomic E-state index is 10.1. The topological polar surface area (TPSA) is 38.7 Å². The fourth-order valence-electron chi connectivity index (χ4n) is 6.72. The van der Waals surface area contributed by atoms with Gasteiger partial charge in [0.15, 0.2) is 5.79 Å². The second kappa shape index (κ2) is 6.06. The summed E-state index contributed by atoms with van der Waals surface area (Å²) in [6.07, 6.45) is 11.4. The van der Waals surface area contributed by atoms with Crippen molar-refractivity contribution < 1.29 is 14.6 Å². The molecular formula is C23H38O3. The molecule has 148 valence electrons. The molecule has 0 aromatic carbocycles. The largest absolute Gasteiger partial charge is 0.395 e. The van der Waals surface area contributed by atoms with E-state index in [0.29, 0.717) is 17.9 Å². The minimum atomic E-state index is -0.430. The number of allylic oxidation sites excluding steroid dienone is 1. The third-order valence-electron chi connectivity index (χ3n) is 8.73. The van der Waals surface area contributed by atoms with Gasteiger partial charge in [0.05, 0.1) is 19.3 Å². The third kappa shape index (κ3) is 2.81. The number of aliphatic hydroxyl groups is 1. The van der Waals surface area contributed by atoms with Crippen molar-refractivity contribution in [1.29, 1.82) is 0 Å². The van der Waals surface area contributed by atoms with Crippen LogP contribution in [0.5, 0.6) is 0 Å². The molecule has 0 amide bonds. The van der Waals surface area contributed by atoms with Gasteiger partial charge in [0.1, 0.15) is 0 Å². The molecule has 1 heterocycles. The Morgan fingerprint density at radius 1 is 1.12 bits per heavy atom. The standard InChI is InChI=1S/C23H38O3/c1-20(2)25-14-19(26-20)21(3)11-12-23(5)16(13-21)8-9-17-18(23)7-6-10-22(17,4)15-24/h9,16,18-19,24H,6-8,10-15H2,1-5H3. The summed E-state index contributed by atoms with van der Waals surface area (Å²) >= 11 is 0. The van der Waals surface area contributed by atoms with Gasteiger partial charge >= 0.3 is 0 Å². The Morgan fingerprint density at radius 3 is 2.54 bits per heavy atom. The lowest BCUT2D eigenvalue weighted by Gasteiger charge is -2.59. The van der Waals surface area contributed by atoms with Gasteiger partial charge in [-0.1, -0.05) is 38.8 Å². The number of hydrogen-bond acceptors (Lipinski definition) is 3. The van der Waals surface area contributed by atoms with Crippen molar-refractivity contribution in [2.24, 2.45) is 28.1 Å². The number of ether oxygens (including phenoxy) is 2. The SMILES string of the molecule is CC1(C)OCC(C2(C)CCC3(C)C(CC=C4C3CCCC4(C)CO)C2)O1. The van der Waals surface area contributed by atoms with Crippen molar-refractivity contribution in [1.82, 2.24) is 0 Å². The quantitative estimate of drug-likeness (QED) is 0.696. The van der Waals surface area contributed by atoms with Gasteiger partial charge in [-0.05, 0) is 75.0 Å². The summed E-state index contributed by atoms with van der Waals surface area (Å²) in [5.74, 6) is 0.956. The molecule has 1 N–H and O–H groups in total. The molecular weight excluding hydrogens is 324 g/mol. The van der Waals surface area contributed by atoms with Gasteiger partial charge in [-0.25, -0.2) is 0 Å². The van der Waals surface area contributed by atoms with Gasteiger partial charge in [-0.2, -0.15) is 0 Å². The molecule has 26 heavy (non-hydrogen) atoms. The lowest BCUT2D eigenvalue weighted by Crippen LogP contribution is -2.52. The van der Waals surface area contributed by atoms with Gasteiger partial charge in [0.2, 0.25) is 0 Å². The second-order valence-corrected chi connectivity index (χ2v) is 10.9. The summed E-state index contributed by atoms with van der Waals surface area (Å²) in [5, 5.41) is 10.1. The number of fused-ring (bicyclic) bond motifs is 3. The van der Waals surface area contributed by atoms with E-state index in [-0.39, 0.29) is 16.9 Å². The molecule has 4 rings (SSSR count). The average molecular weight is 363 g/mol. The molecule has 1 saturated heterocycles.